The van der Waals surface area contributed by atoms with E-state index in [0.29, 0.717) is 12.5 Å². The van der Waals surface area contributed by atoms with E-state index in [1.165, 1.54) is 25.7 Å². The monoisotopic (exact) mass is 452 g/mol. The highest BCUT2D eigenvalue weighted by Crippen LogP contribution is 2.50. The topological polar surface area (TPSA) is 55.4 Å². The Morgan fingerprint density at radius 1 is 0.531 bits per heavy atom. The molecule has 0 aromatic rings. The Bertz CT molecular complexity index is 565. The molecule has 2 saturated carbocycles. The molecule has 5 unspecified atom stereocenters. The maximum atomic E-state index is 6.95. The quantitative estimate of drug-likeness (QED) is 0.589. The van der Waals surface area contributed by atoms with E-state index in [0.717, 1.165) is 97.2 Å². The molecule has 5 atom stereocenters. The molecule has 0 amide bonds. The SMILES string of the molecule is C1CCOCCC(C2CCOC3(CCCC3C3COC4(CCCC4)O3)O2)CCCCOC1. The second-order valence-corrected chi connectivity index (χ2v) is 10.7. The van der Waals surface area contributed by atoms with Crippen molar-refractivity contribution in [2.75, 3.05) is 39.6 Å². The van der Waals surface area contributed by atoms with Gasteiger partial charge in [-0.25, -0.2) is 0 Å². The molecule has 2 spiro atoms. The van der Waals surface area contributed by atoms with Crippen molar-refractivity contribution < 1.29 is 28.4 Å². The molecular formula is C26H44O6. The molecule has 3 aliphatic heterocycles. The van der Waals surface area contributed by atoms with Gasteiger partial charge in [-0.05, 0) is 70.1 Å². The first-order valence-electron chi connectivity index (χ1n) is 13.6. The zero-order valence-corrected chi connectivity index (χ0v) is 19.9. The lowest BCUT2D eigenvalue weighted by Crippen LogP contribution is -2.53. The Morgan fingerprint density at radius 3 is 2.16 bits per heavy atom. The fourth-order valence-corrected chi connectivity index (χ4v) is 6.72. The van der Waals surface area contributed by atoms with Gasteiger partial charge in [0.1, 0.15) is 0 Å². The molecule has 0 bridgehead atoms. The summed E-state index contributed by atoms with van der Waals surface area (Å²) in [5, 5.41) is 0. The Kier molecular flexibility index (Phi) is 8.08. The summed E-state index contributed by atoms with van der Waals surface area (Å²) >= 11 is 0. The van der Waals surface area contributed by atoms with E-state index in [2.05, 4.69) is 0 Å². The van der Waals surface area contributed by atoms with Gasteiger partial charge in [-0.1, -0.05) is 6.42 Å². The van der Waals surface area contributed by atoms with Crippen LogP contribution in [0, 0.1) is 11.8 Å². The molecule has 184 valence electrons. The van der Waals surface area contributed by atoms with Crippen molar-refractivity contribution in [1.29, 1.82) is 0 Å². The van der Waals surface area contributed by atoms with Crippen LogP contribution in [0.25, 0.3) is 0 Å². The lowest BCUT2D eigenvalue weighted by Gasteiger charge is -2.46. The summed E-state index contributed by atoms with van der Waals surface area (Å²) in [6.07, 6.45) is 15.9. The summed E-state index contributed by atoms with van der Waals surface area (Å²) in [5.41, 5.74) is 0. The molecule has 2 aliphatic carbocycles. The van der Waals surface area contributed by atoms with Gasteiger partial charge in [-0.3, -0.25) is 0 Å². The molecule has 6 nitrogen and oxygen atoms in total. The van der Waals surface area contributed by atoms with Gasteiger partial charge in [0.25, 0.3) is 0 Å². The fraction of sp³-hybridized carbons (Fsp3) is 1.00. The van der Waals surface area contributed by atoms with E-state index in [1.807, 2.05) is 0 Å². The number of rotatable bonds is 2. The van der Waals surface area contributed by atoms with E-state index < -0.39 is 5.79 Å². The zero-order valence-electron chi connectivity index (χ0n) is 19.9. The van der Waals surface area contributed by atoms with Crippen molar-refractivity contribution in [3.63, 3.8) is 0 Å². The second-order valence-electron chi connectivity index (χ2n) is 10.7. The predicted molar refractivity (Wildman–Crippen MR) is 120 cm³/mol. The number of hydrogen-bond acceptors (Lipinski definition) is 6. The normalized spacial score (nSPS) is 42.0. The van der Waals surface area contributed by atoms with Crippen LogP contribution in [0.3, 0.4) is 0 Å². The average molecular weight is 453 g/mol. The van der Waals surface area contributed by atoms with Gasteiger partial charge in [-0.2, -0.15) is 0 Å². The Hall–Kier alpha value is -0.240. The largest absolute Gasteiger partial charge is 0.381 e. The third-order valence-electron chi connectivity index (χ3n) is 8.50. The van der Waals surface area contributed by atoms with E-state index >= 15 is 0 Å². The van der Waals surface area contributed by atoms with Crippen LogP contribution >= 0.6 is 0 Å². The summed E-state index contributed by atoms with van der Waals surface area (Å²) < 4.78 is 38.0. The van der Waals surface area contributed by atoms with Gasteiger partial charge in [0.05, 0.1) is 25.4 Å². The molecule has 6 heteroatoms. The molecule has 0 N–H and O–H groups in total. The molecule has 0 aromatic carbocycles. The average Bonchev–Trinajstić information content (AvgIpc) is 3.54. The summed E-state index contributed by atoms with van der Waals surface area (Å²) in [5.74, 6) is 0.0183. The van der Waals surface area contributed by atoms with Gasteiger partial charge in [0.2, 0.25) is 0 Å². The van der Waals surface area contributed by atoms with Gasteiger partial charge in [0.15, 0.2) is 11.6 Å². The Labute approximate surface area is 194 Å². The van der Waals surface area contributed by atoms with Crippen molar-refractivity contribution in [2.45, 2.75) is 114 Å². The predicted octanol–water partition coefficient (Wildman–Crippen LogP) is 4.98. The van der Waals surface area contributed by atoms with Crippen LogP contribution in [0.4, 0.5) is 0 Å². The Balaban J connectivity index is 1.22. The first kappa shape index (κ1) is 23.5. The van der Waals surface area contributed by atoms with Crippen LogP contribution in [0.15, 0.2) is 0 Å². The lowest BCUT2D eigenvalue weighted by molar-refractivity contribution is -0.329. The van der Waals surface area contributed by atoms with E-state index in [-0.39, 0.29) is 23.9 Å². The zero-order chi connectivity index (χ0) is 21.7. The van der Waals surface area contributed by atoms with Crippen LogP contribution in [0.1, 0.15) is 89.9 Å². The highest BCUT2D eigenvalue weighted by molar-refractivity contribution is 4.98. The highest BCUT2D eigenvalue weighted by atomic mass is 16.8. The molecule has 5 fully saturated rings. The van der Waals surface area contributed by atoms with Crippen LogP contribution in [-0.2, 0) is 28.4 Å². The highest BCUT2D eigenvalue weighted by Gasteiger charge is 2.56. The first-order valence-corrected chi connectivity index (χ1v) is 13.6. The molecule has 3 saturated heterocycles. The van der Waals surface area contributed by atoms with E-state index in [9.17, 15) is 0 Å². The van der Waals surface area contributed by atoms with Crippen molar-refractivity contribution >= 4 is 0 Å². The summed E-state index contributed by atoms with van der Waals surface area (Å²) in [6, 6.07) is 0. The van der Waals surface area contributed by atoms with E-state index in [1.54, 1.807) is 0 Å². The summed E-state index contributed by atoms with van der Waals surface area (Å²) in [7, 11) is 0. The van der Waals surface area contributed by atoms with Crippen LogP contribution in [0.2, 0.25) is 0 Å². The molecule has 0 radical (unpaired) electrons. The van der Waals surface area contributed by atoms with E-state index in [4.69, 9.17) is 28.4 Å². The van der Waals surface area contributed by atoms with Gasteiger partial charge < -0.3 is 28.4 Å². The molecule has 3 heterocycles. The molecule has 0 aromatic heterocycles. The minimum atomic E-state index is -0.480. The molecule has 32 heavy (non-hydrogen) atoms. The summed E-state index contributed by atoms with van der Waals surface area (Å²) in [6.45, 7) is 4.92. The van der Waals surface area contributed by atoms with Crippen molar-refractivity contribution in [2.24, 2.45) is 11.8 Å². The standard InChI is InChI=1S/C26H44O6/c1-4-15-27-16-5-6-17-28-18-10-21(8-1)23-11-19-29-26(32-23)14-7-9-22(26)24-20-30-25(31-24)12-2-3-13-25/h21-24H,1-20H2. The Morgan fingerprint density at radius 2 is 1.31 bits per heavy atom. The number of hydrogen-bond donors (Lipinski definition) is 0. The van der Waals surface area contributed by atoms with Gasteiger partial charge >= 0.3 is 0 Å². The first-order chi connectivity index (χ1) is 15.8. The maximum Gasteiger partial charge on any atom is 0.173 e. The van der Waals surface area contributed by atoms with Crippen LogP contribution < -0.4 is 0 Å². The van der Waals surface area contributed by atoms with Crippen molar-refractivity contribution in [3.05, 3.63) is 0 Å². The fourth-order valence-electron chi connectivity index (χ4n) is 6.72. The summed E-state index contributed by atoms with van der Waals surface area (Å²) in [4.78, 5) is 0. The minimum Gasteiger partial charge on any atom is -0.381 e. The third-order valence-corrected chi connectivity index (χ3v) is 8.50. The second kappa shape index (κ2) is 11.0. The minimum absolute atomic E-state index is 0.106. The third kappa shape index (κ3) is 5.36. The molecule has 5 rings (SSSR count). The smallest absolute Gasteiger partial charge is 0.173 e. The van der Waals surface area contributed by atoms with Crippen LogP contribution in [0.5, 0.6) is 0 Å². The molecular weight excluding hydrogens is 408 g/mol. The van der Waals surface area contributed by atoms with Gasteiger partial charge in [-0.15, -0.1) is 0 Å². The van der Waals surface area contributed by atoms with Crippen molar-refractivity contribution in [1.82, 2.24) is 0 Å². The lowest BCUT2D eigenvalue weighted by atomic mass is 9.88. The van der Waals surface area contributed by atoms with Crippen LogP contribution in [-0.4, -0.2) is 63.4 Å². The number of ether oxygens (including phenoxy) is 6. The van der Waals surface area contributed by atoms with Gasteiger partial charge in [0, 0.05) is 51.6 Å². The molecule has 5 aliphatic rings. The maximum absolute atomic E-state index is 6.95. The van der Waals surface area contributed by atoms with Crippen molar-refractivity contribution in [3.8, 4) is 0 Å².